The van der Waals surface area contributed by atoms with Gasteiger partial charge >= 0.3 is 0 Å². The fraction of sp³-hybridized carbons (Fsp3) is 0.375. The zero-order chi connectivity index (χ0) is 14.5. The molecule has 0 amide bonds. The first-order chi connectivity index (χ1) is 9.54. The lowest BCUT2D eigenvalue weighted by Gasteiger charge is -2.15. The summed E-state index contributed by atoms with van der Waals surface area (Å²) in [5, 5.41) is 5.55. The van der Waals surface area contributed by atoms with Crippen molar-refractivity contribution < 1.29 is 4.74 Å². The van der Waals surface area contributed by atoms with Crippen LogP contribution in [-0.2, 0) is 0 Å². The Balaban J connectivity index is 2.00. The van der Waals surface area contributed by atoms with Gasteiger partial charge in [-0.3, -0.25) is 0 Å². The Labute approximate surface area is 129 Å². The van der Waals surface area contributed by atoms with Crippen LogP contribution in [0, 0.1) is 5.92 Å². The fourth-order valence-electron chi connectivity index (χ4n) is 1.82. The first kappa shape index (κ1) is 15.2. The standard InChI is InChI=1S/C16H20ClNOS/c1-11(2)9-19-15-6-4-5-14(8-15)18-12(3)13-7-16(17)20-10-13/h4-8,10-12,18H,9H2,1-3H3. The minimum absolute atomic E-state index is 0.221. The van der Waals surface area contributed by atoms with Gasteiger partial charge in [-0.2, -0.15) is 0 Å². The van der Waals surface area contributed by atoms with E-state index < -0.39 is 0 Å². The molecular formula is C16H20ClNOS. The second kappa shape index (κ2) is 7.00. The second-order valence-corrected chi connectivity index (χ2v) is 6.83. The van der Waals surface area contributed by atoms with Crippen LogP contribution in [-0.4, -0.2) is 6.61 Å². The molecule has 108 valence electrons. The molecule has 0 aliphatic rings. The molecule has 1 aromatic carbocycles. The normalized spacial score (nSPS) is 12.4. The van der Waals surface area contributed by atoms with Gasteiger partial charge in [0.2, 0.25) is 0 Å². The molecule has 0 radical (unpaired) electrons. The minimum atomic E-state index is 0.221. The SMILES string of the molecule is CC(C)COc1cccc(NC(C)c2csc(Cl)c2)c1. The van der Waals surface area contributed by atoms with Crippen molar-refractivity contribution in [2.45, 2.75) is 26.8 Å². The molecule has 0 saturated heterocycles. The van der Waals surface area contributed by atoms with Gasteiger partial charge in [0, 0.05) is 17.8 Å². The first-order valence-corrected chi connectivity index (χ1v) is 8.03. The number of hydrogen-bond acceptors (Lipinski definition) is 3. The largest absolute Gasteiger partial charge is 0.493 e. The van der Waals surface area contributed by atoms with Gasteiger partial charge in [-0.25, -0.2) is 0 Å². The van der Waals surface area contributed by atoms with Crippen molar-refractivity contribution in [3.63, 3.8) is 0 Å². The third kappa shape index (κ3) is 4.43. The predicted molar refractivity (Wildman–Crippen MR) is 88.1 cm³/mol. The average Bonchev–Trinajstić information content (AvgIpc) is 2.84. The quantitative estimate of drug-likeness (QED) is 0.749. The van der Waals surface area contributed by atoms with Crippen LogP contribution in [0.5, 0.6) is 5.75 Å². The molecular weight excluding hydrogens is 290 g/mol. The van der Waals surface area contributed by atoms with Gasteiger partial charge in [0.05, 0.1) is 10.9 Å². The number of anilines is 1. The Morgan fingerprint density at radius 3 is 2.70 bits per heavy atom. The van der Waals surface area contributed by atoms with Gasteiger partial charge in [-0.05, 0) is 42.0 Å². The van der Waals surface area contributed by atoms with Crippen molar-refractivity contribution in [3.05, 3.63) is 45.6 Å². The smallest absolute Gasteiger partial charge is 0.121 e. The molecule has 2 rings (SSSR count). The Morgan fingerprint density at radius 2 is 2.05 bits per heavy atom. The van der Waals surface area contributed by atoms with Crippen LogP contribution in [0.15, 0.2) is 35.7 Å². The molecule has 1 unspecified atom stereocenters. The van der Waals surface area contributed by atoms with Gasteiger partial charge < -0.3 is 10.1 Å². The van der Waals surface area contributed by atoms with E-state index in [-0.39, 0.29) is 6.04 Å². The van der Waals surface area contributed by atoms with Gasteiger partial charge in [0.1, 0.15) is 5.75 Å². The van der Waals surface area contributed by atoms with Crippen molar-refractivity contribution in [3.8, 4) is 5.75 Å². The molecule has 4 heteroatoms. The summed E-state index contributed by atoms with van der Waals surface area (Å²) < 4.78 is 6.56. The van der Waals surface area contributed by atoms with Gasteiger partial charge in [0.25, 0.3) is 0 Å². The number of ether oxygens (including phenoxy) is 1. The van der Waals surface area contributed by atoms with Crippen LogP contribution in [0.4, 0.5) is 5.69 Å². The van der Waals surface area contributed by atoms with Crippen LogP contribution in [0.3, 0.4) is 0 Å². The van der Waals surface area contributed by atoms with Gasteiger partial charge in [-0.15, -0.1) is 11.3 Å². The van der Waals surface area contributed by atoms with Crippen LogP contribution < -0.4 is 10.1 Å². The molecule has 0 bridgehead atoms. The Bertz CT molecular complexity index is 553. The van der Waals surface area contributed by atoms with E-state index in [4.69, 9.17) is 16.3 Å². The predicted octanol–water partition coefficient (Wildman–Crippen LogP) is 5.61. The summed E-state index contributed by atoms with van der Waals surface area (Å²) in [6.45, 7) is 7.15. The fourth-order valence-corrected chi connectivity index (χ4v) is 2.81. The van der Waals surface area contributed by atoms with Crippen LogP contribution in [0.25, 0.3) is 0 Å². The van der Waals surface area contributed by atoms with E-state index in [0.717, 1.165) is 22.4 Å². The van der Waals surface area contributed by atoms with E-state index in [1.807, 2.05) is 30.3 Å². The molecule has 2 aromatic rings. The monoisotopic (exact) mass is 309 g/mol. The van der Waals surface area contributed by atoms with Crippen molar-refractivity contribution in [1.82, 2.24) is 0 Å². The minimum Gasteiger partial charge on any atom is -0.493 e. The molecule has 1 N–H and O–H groups in total. The summed E-state index contributed by atoms with van der Waals surface area (Å²) in [6.07, 6.45) is 0. The number of halogens is 1. The topological polar surface area (TPSA) is 21.3 Å². The van der Waals surface area contributed by atoms with E-state index in [1.54, 1.807) is 11.3 Å². The molecule has 1 heterocycles. The third-order valence-electron chi connectivity index (χ3n) is 2.89. The zero-order valence-electron chi connectivity index (χ0n) is 12.0. The van der Waals surface area contributed by atoms with Crippen LogP contribution >= 0.6 is 22.9 Å². The molecule has 1 aromatic heterocycles. The lowest BCUT2D eigenvalue weighted by atomic mass is 10.1. The molecule has 0 fully saturated rings. The van der Waals surface area contributed by atoms with E-state index in [2.05, 4.69) is 31.5 Å². The molecule has 0 saturated carbocycles. The lowest BCUT2D eigenvalue weighted by molar-refractivity contribution is 0.271. The highest BCUT2D eigenvalue weighted by molar-refractivity contribution is 7.14. The number of rotatable bonds is 6. The Kier molecular flexibility index (Phi) is 5.32. The van der Waals surface area contributed by atoms with E-state index in [1.165, 1.54) is 5.56 Å². The summed E-state index contributed by atoms with van der Waals surface area (Å²) in [4.78, 5) is 0. The molecule has 1 atom stereocenters. The first-order valence-electron chi connectivity index (χ1n) is 6.78. The maximum atomic E-state index is 5.97. The van der Waals surface area contributed by atoms with Crippen molar-refractivity contribution in [2.24, 2.45) is 5.92 Å². The summed E-state index contributed by atoms with van der Waals surface area (Å²) in [6, 6.07) is 10.3. The van der Waals surface area contributed by atoms with E-state index >= 15 is 0 Å². The van der Waals surface area contributed by atoms with E-state index in [9.17, 15) is 0 Å². The molecule has 0 aliphatic carbocycles. The Hall–Kier alpha value is -1.19. The maximum Gasteiger partial charge on any atom is 0.121 e. The average molecular weight is 310 g/mol. The lowest BCUT2D eigenvalue weighted by Crippen LogP contribution is -2.07. The summed E-state index contributed by atoms with van der Waals surface area (Å²) in [7, 11) is 0. The molecule has 2 nitrogen and oxygen atoms in total. The van der Waals surface area contributed by atoms with Gasteiger partial charge in [-0.1, -0.05) is 31.5 Å². The number of nitrogens with one attached hydrogen (secondary N) is 1. The highest BCUT2D eigenvalue weighted by atomic mass is 35.5. The second-order valence-electron chi connectivity index (χ2n) is 5.28. The van der Waals surface area contributed by atoms with Crippen molar-refractivity contribution in [1.29, 1.82) is 0 Å². The highest BCUT2D eigenvalue weighted by Crippen LogP contribution is 2.28. The summed E-state index contributed by atoms with van der Waals surface area (Å²) >= 11 is 7.53. The maximum absolute atomic E-state index is 5.97. The summed E-state index contributed by atoms with van der Waals surface area (Å²) in [5.41, 5.74) is 2.26. The zero-order valence-corrected chi connectivity index (χ0v) is 13.6. The molecule has 0 spiro atoms. The number of thiophene rings is 1. The van der Waals surface area contributed by atoms with Crippen LogP contribution in [0.1, 0.15) is 32.4 Å². The highest BCUT2D eigenvalue weighted by Gasteiger charge is 2.08. The van der Waals surface area contributed by atoms with Crippen molar-refractivity contribution >= 4 is 28.6 Å². The summed E-state index contributed by atoms with van der Waals surface area (Å²) in [5.74, 6) is 1.43. The van der Waals surface area contributed by atoms with E-state index in [0.29, 0.717) is 5.92 Å². The van der Waals surface area contributed by atoms with Gasteiger partial charge in [0.15, 0.2) is 0 Å². The van der Waals surface area contributed by atoms with Crippen LogP contribution in [0.2, 0.25) is 4.34 Å². The van der Waals surface area contributed by atoms with Crippen molar-refractivity contribution in [2.75, 3.05) is 11.9 Å². The number of benzene rings is 1. The number of hydrogen-bond donors (Lipinski definition) is 1. The molecule has 20 heavy (non-hydrogen) atoms. The third-order valence-corrected chi connectivity index (χ3v) is 4.00. The molecule has 0 aliphatic heterocycles. The Morgan fingerprint density at radius 1 is 1.25 bits per heavy atom.